The second-order valence-electron chi connectivity index (χ2n) is 6.02. The summed E-state index contributed by atoms with van der Waals surface area (Å²) in [6.45, 7) is 8.36. The number of hydrogen-bond donors (Lipinski definition) is 0. The largest absolute Gasteiger partial charge is 0.378 e. The number of ether oxygens (including phenoxy) is 1. The highest BCUT2D eigenvalue weighted by Gasteiger charge is 2.20. The molecule has 0 aliphatic carbocycles. The first-order valence-corrected chi connectivity index (χ1v) is 9.27. The predicted molar refractivity (Wildman–Crippen MR) is 94.7 cm³/mol. The van der Waals surface area contributed by atoms with Crippen LogP contribution >= 0.6 is 11.3 Å². The first-order chi connectivity index (χ1) is 11.9. The highest BCUT2D eigenvalue weighted by molar-refractivity contribution is 7.09. The van der Waals surface area contributed by atoms with E-state index in [1.807, 2.05) is 11.6 Å². The summed E-state index contributed by atoms with van der Waals surface area (Å²) in [4.78, 5) is 20.4. The molecule has 24 heavy (non-hydrogen) atoms. The fourth-order valence-electron chi connectivity index (χ4n) is 3.13. The number of nitrogens with zero attached hydrogens (tertiary/aromatic N) is 6. The van der Waals surface area contributed by atoms with Crippen molar-refractivity contribution in [2.75, 3.05) is 62.3 Å². The van der Waals surface area contributed by atoms with Gasteiger partial charge in [-0.05, 0) is 0 Å². The normalized spacial score (nSPS) is 19.7. The standard InChI is InChI=1S/C16H22N6OS/c1-10-24-16(17-1)12-20-2-4-21(5-3-20)14-11-15(19-13-18-14)22-6-8-23-9-7-22/h1,10-11,13H,2-9,12H2. The fraction of sp³-hybridized carbons (Fsp3) is 0.562. The molecule has 7 nitrogen and oxygen atoms in total. The number of rotatable bonds is 4. The van der Waals surface area contributed by atoms with E-state index in [9.17, 15) is 0 Å². The molecule has 0 atom stereocenters. The lowest BCUT2D eigenvalue weighted by molar-refractivity contribution is 0.122. The van der Waals surface area contributed by atoms with Crippen molar-refractivity contribution in [3.63, 3.8) is 0 Å². The maximum Gasteiger partial charge on any atom is 0.134 e. The molecule has 8 heteroatoms. The summed E-state index contributed by atoms with van der Waals surface area (Å²) in [7, 11) is 0. The van der Waals surface area contributed by atoms with E-state index in [-0.39, 0.29) is 0 Å². The summed E-state index contributed by atoms with van der Waals surface area (Å²) >= 11 is 1.73. The molecule has 2 aromatic rings. The van der Waals surface area contributed by atoms with E-state index in [0.717, 1.165) is 70.7 Å². The number of anilines is 2. The SMILES string of the molecule is c1nc(N2CCOCC2)cc(N2CCN(Cc3nccs3)CC2)n1. The Hall–Kier alpha value is -1.77. The van der Waals surface area contributed by atoms with Crippen molar-refractivity contribution in [3.8, 4) is 0 Å². The third kappa shape index (κ3) is 3.66. The lowest BCUT2D eigenvalue weighted by Gasteiger charge is -2.35. The molecule has 0 unspecified atom stereocenters. The Kier molecular flexibility index (Phi) is 4.86. The fourth-order valence-corrected chi connectivity index (χ4v) is 3.79. The molecule has 0 aromatic carbocycles. The number of hydrogen-bond acceptors (Lipinski definition) is 8. The van der Waals surface area contributed by atoms with Crippen molar-refractivity contribution < 1.29 is 4.74 Å². The smallest absolute Gasteiger partial charge is 0.134 e. The summed E-state index contributed by atoms with van der Waals surface area (Å²) in [6.07, 6.45) is 3.56. The molecule has 0 saturated carbocycles. The lowest BCUT2D eigenvalue weighted by atomic mass is 10.3. The number of aromatic nitrogens is 3. The highest BCUT2D eigenvalue weighted by Crippen LogP contribution is 2.20. The van der Waals surface area contributed by atoms with Gasteiger partial charge >= 0.3 is 0 Å². The Balaban J connectivity index is 1.36. The first kappa shape index (κ1) is 15.7. The third-order valence-corrected chi connectivity index (χ3v) is 5.28. The van der Waals surface area contributed by atoms with Crippen LogP contribution in [0.1, 0.15) is 5.01 Å². The van der Waals surface area contributed by atoms with Crippen molar-refractivity contribution in [1.82, 2.24) is 19.9 Å². The quantitative estimate of drug-likeness (QED) is 0.821. The van der Waals surface area contributed by atoms with Crippen LogP contribution in [0.4, 0.5) is 11.6 Å². The Bertz CT molecular complexity index is 638. The van der Waals surface area contributed by atoms with Crippen LogP contribution in [0.2, 0.25) is 0 Å². The van der Waals surface area contributed by atoms with Crippen molar-refractivity contribution >= 4 is 23.0 Å². The minimum Gasteiger partial charge on any atom is -0.378 e. The van der Waals surface area contributed by atoms with Gasteiger partial charge in [0.2, 0.25) is 0 Å². The second-order valence-corrected chi connectivity index (χ2v) is 7.00. The summed E-state index contributed by atoms with van der Waals surface area (Å²) in [5.74, 6) is 2.04. The van der Waals surface area contributed by atoms with Gasteiger partial charge in [-0.3, -0.25) is 4.90 Å². The summed E-state index contributed by atoms with van der Waals surface area (Å²) in [5, 5.41) is 3.24. The molecule has 4 heterocycles. The molecule has 2 aromatic heterocycles. The summed E-state index contributed by atoms with van der Waals surface area (Å²) in [6, 6.07) is 2.11. The number of piperazine rings is 1. The zero-order chi connectivity index (χ0) is 16.2. The molecule has 2 aliphatic rings. The van der Waals surface area contributed by atoms with Crippen LogP contribution in [0, 0.1) is 0 Å². The molecule has 0 spiro atoms. The van der Waals surface area contributed by atoms with E-state index in [1.54, 1.807) is 17.7 Å². The first-order valence-electron chi connectivity index (χ1n) is 8.39. The zero-order valence-corrected chi connectivity index (χ0v) is 14.5. The predicted octanol–water partition coefficient (Wildman–Crippen LogP) is 1.09. The van der Waals surface area contributed by atoms with Crippen molar-refractivity contribution in [2.24, 2.45) is 0 Å². The molecule has 4 rings (SSSR count). The van der Waals surface area contributed by atoms with E-state index in [0.29, 0.717) is 0 Å². The minimum absolute atomic E-state index is 0.773. The van der Waals surface area contributed by atoms with Crippen LogP contribution in [0.15, 0.2) is 24.0 Å². The average molecular weight is 346 g/mol. The van der Waals surface area contributed by atoms with E-state index < -0.39 is 0 Å². The molecule has 2 saturated heterocycles. The molecule has 2 aliphatic heterocycles. The number of morpholine rings is 1. The maximum atomic E-state index is 5.42. The van der Waals surface area contributed by atoms with Crippen molar-refractivity contribution in [3.05, 3.63) is 29.0 Å². The minimum atomic E-state index is 0.773. The molecular weight excluding hydrogens is 324 g/mol. The Morgan fingerprint density at radius 2 is 1.62 bits per heavy atom. The van der Waals surface area contributed by atoms with Crippen LogP contribution in [0.5, 0.6) is 0 Å². The van der Waals surface area contributed by atoms with E-state index in [4.69, 9.17) is 4.74 Å². The Morgan fingerprint density at radius 1 is 0.917 bits per heavy atom. The molecule has 0 bridgehead atoms. The van der Waals surface area contributed by atoms with Gasteiger partial charge in [-0.15, -0.1) is 11.3 Å². The van der Waals surface area contributed by atoms with Gasteiger partial charge in [0, 0.05) is 56.9 Å². The lowest BCUT2D eigenvalue weighted by Crippen LogP contribution is -2.46. The molecule has 128 valence electrons. The van der Waals surface area contributed by atoms with Crippen LogP contribution in [0.3, 0.4) is 0 Å². The van der Waals surface area contributed by atoms with Gasteiger partial charge in [0.05, 0.1) is 19.8 Å². The van der Waals surface area contributed by atoms with E-state index in [2.05, 4.69) is 35.7 Å². The molecular formula is C16H22N6OS. The Labute approximate surface area is 145 Å². The summed E-state index contributed by atoms with van der Waals surface area (Å²) in [5.41, 5.74) is 0. The van der Waals surface area contributed by atoms with Gasteiger partial charge in [0.15, 0.2) is 0 Å². The van der Waals surface area contributed by atoms with Gasteiger partial charge in [-0.25, -0.2) is 15.0 Å². The average Bonchev–Trinajstić information content (AvgIpc) is 3.16. The summed E-state index contributed by atoms with van der Waals surface area (Å²) < 4.78 is 5.42. The van der Waals surface area contributed by atoms with Crippen LogP contribution < -0.4 is 9.80 Å². The van der Waals surface area contributed by atoms with Gasteiger partial charge in [-0.2, -0.15) is 0 Å². The van der Waals surface area contributed by atoms with Crippen LogP contribution in [-0.4, -0.2) is 72.3 Å². The number of thiazole rings is 1. The van der Waals surface area contributed by atoms with Crippen molar-refractivity contribution in [1.29, 1.82) is 0 Å². The van der Waals surface area contributed by atoms with Crippen molar-refractivity contribution in [2.45, 2.75) is 6.54 Å². The maximum absolute atomic E-state index is 5.42. The van der Waals surface area contributed by atoms with Crippen LogP contribution in [0.25, 0.3) is 0 Å². The topological polar surface area (TPSA) is 57.6 Å². The third-order valence-electron chi connectivity index (χ3n) is 4.51. The van der Waals surface area contributed by atoms with E-state index >= 15 is 0 Å². The van der Waals surface area contributed by atoms with Crippen LogP contribution in [-0.2, 0) is 11.3 Å². The zero-order valence-electron chi connectivity index (χ0n) is 13.7. The van der Waals surface area contributed by atoms with Gasteiger partial charge in [0.1, 0.15) is 23.0 Å². The molecule has 0 N–H and O–H groups in total. The Morgan fingerprint density at radius 3 is 2.29 bits per heavy atom. The second kappa shape index (κ2) is 7.42. The van der Waals surface area contributed by atoms with Gasteiger partial charge < -0.3 is 14.5 Å². The molecule has 2 fully saturated rings. The molecule has 0 radical (unpaired) electrons. The highest BCUT2D eigenvalue weighted by atomic mass is 32.1. The van der Waals surface area contributed by atoms with Gasteiger partial charge in [0.25, 0.3) is 0 Å². The molecule has 0 amide bonds. The van der Waals surface area contributed by atoms with E-state index in [1.165, 1.54) is 5.01 Å². The van der Waals surface area contributed by atoms with Gasteiger partial charge in [-0.1, -0.05) is 0 Å². The monoisotopic (exact) mass is 346 g/mol.